The molecule has 0 aliphatic carbocycles. The van der Waals surface area contributed by atoms with E-state index in [1.807, 2.05) is 91.1 Å². The number of nitrogens with zero attached hydrogens (tertiary/aromatic N) is 3. The van der Waals surface area contributed by atoms with Crippen LogP contribution >= 0.6 is 0 Å². The zero-order chi connectivity index (χ0) is 49.7. The first-order valence-corrected chi connectivity index (χ1v) is 23.5. The minimum Gasteiger partial charge on any atom is -0.500 e. The van der Waals surface area contributed by atoms with Crippen LogP contribution in [0.25, 0.3) is 83.6 Å². The van der Waals surface area contributed by atoms with Crippen LogP contribution in [0.15, 0.2) is 162 Å². The minimum absolute atomic E-state index is 0. The predicted molar refractivity (Wildman–Crippen MR) is 282 cm³/mol. The van der Waals surface area contributed by atoms with Crippen molar-refractivity contribution < 1.29 is 28.6 Å². The number of fused-ring (bicyclic) bond motifs is 4. The van der Waals surface area contributed by atoms with Crippen molar-refractivity contribution in [1.29, 1.82) is 0 Å². The van der Waals surface area contributed by atoms with Crippen LogP contribution < -0.4 is 0 Å². The van der Waals surface area contributed by atoms with E-state index in [0.717, 1.165) is 44.3 Å². The van der Waals surface area contributed by atoms with Crippen LogP contribution in [0.3, 0.4) is 0 Å². The quantitative estimate of drug-likeness (QED) is 0.149. The van der Waals surface area contributed by atoms with Gasteiger partial charge >= 0.3 is 0 Å². The molecule has 5 heteroatoms. The summed E-state index contributed by atoms with van der Waals surface area (Å²) in [6.45, 7) is 19.9. The number of rotatable bonds is 7. The van der Waals surface area contributed by atoms with Crippen molar-refractivity contribution in [1.82, 2.24) is 14.5 Å². The Hall–Kier alpha value is -6.39. The second-order valence-electron chi connectivity index (χ2n) is 20.3. The van der Waals surface area contributed by atoms with E-state index in [-0.39, 0.29) is 48.3 Å². The summed E-state index contributed by atoms with van der Waals surface area (Å²) in [5.74, 6) is 1.12. The van der Waals surface area contributed by atoms with Crippen molar-refractivity contribution in [2.45, 2.75) is 98.8 Å². The predicted octanol–water partition coefficient (Wildman–Crippen LogP) is 17.4. The van der Waals surface area contributed by atoms with Gasteiger partial charge in [-0.15, -0.1) is 53.6 Å². The largest absolute Gasteiger partial charge is 0.500 e. The van der Waals surface area contributed by atoms with Crippen LogP contribution in [-0.4, -0.2) is 14.5 Å². The number of aryl methyl sites for hydroxylation is 1. The molecular weight excluding hydrogens is 1010 g/mol. The fourth-order valence-corrected chi connectivity index (χ4v) is 8.99. The number of hydrogen-bond donors (Lipinski definition) is 0. The molecule has 0 saturated heterocycles. The van der Waals surface area contributed by atoms with E-state index in [1.54, 1.807) is 0 Å². The molecule has 3 aromatic heterocycles. The first-order valence-electron chi connectivity index (χ1n) is 25.0. The maximum atomic E-state index is 8.61. The molecule has 0 spiro atoms. The fraction of sp³-hybridized carbons (Fsp3) is 0.238. The van der Waals surface area contributed by atoms with Crippen LogP contribution in [0.1, 0.15) is 113 Å². The Morgan fingerprint density at radius 1 is 0.603 bits per heavy atom. The second-order valence-corrected chi connectivity index (χ2v) is 20.3. The second kappa shape index (κ2) is 19.3. The third-order valence-electron chi connectivity index (χ3n) is 12.8. The summed E-state index contributed by atoms with van der Waals surface area (Å²) in [5, 5.41) is 1.58. The average molecular weight is 1070 g/mol. The first-order chi connectivity index (χ1) is 33.3. The zero-order valence-electron chi connectivity index (χ0n) is 43.7. The van der Waals surface area contributed by atoms with E-state index >= 15 is 0 Å². The van der Waals surface area contributed by atoms with Crippen molar-refractivity contribution >= 4 is 33.0 Å². The standard InChI is InChI=1S/C44H37N2O.C19H24N.Ir/c1-27(2)37-25-32(30-15-8-6-9-16-30)26-38(28(3)4)41(37)46-40-22-13-12-21-39(40)45-44(46)36-20-14-19-34-35-24-23-33(31-17-10-7-11-18-31)29(5)42(35)47-43(34)36;1-18(2,3)15-9-7-8-14(12-15)17-13-16(10-11-20-17)19(4,5)6;/h6-19,21-28H,1-5H3;7,9-13H,1-6H3;/q2*-1;/i5D3;;. The van der Waals surface area contributed by atoms with Crippen LogP contribution in [0.5, 0.6) is 0 Å². The SMILES string of the molecule is CC(C)(C)c1cc[c-]c(-c2cc(C(C)(C)C)ccn2)c1.[2H]C([2H])([2H])c1c(-c2ccccc2)ccc2c1oc1c(-c3nc4ccccc4n3-c3c(C(C)C)cc(-c4ccccc4)cc3C(C)C)[c-]ccc12.[Ir]. The van der Waals surface area contributed by atoms with Crippen molar-refractivity contribution in [2.75, 3.05) is 0 Å². The van der Waals surface area contributed by atoms with Crippen LogP contribution in [0.2, 0.25) is 0 Å². The van der Waals surface area contributed by atoms with Gasteiger partial charge in [0.25, 0.3) is 0 Å². The van der Waals surface area contributed by atoms with Gasteiger partial charge in [0, 0.05) is 41.5 Å². The zero-order valence-corrected chi connectivity index (χ0v) is 43.1. The summed E-state index contributed by atoms with van der Waals surface area (Å²) in [7, 11) is 0. The molecule has 345 valence electrons. The molecule has 1 radical (unpaired) electrons. The Bertz CT molecular complexity index is 3420. The van der Waals surface area contributed by atoms with E-state index in [9.17, 15) is 0 Å². The summed E-state index contributed by atoms with van der Waals surface area (Å²) in [5.41, 5.74) is 16.0. The van der Waals surface area contributed by atoms with E-state index in [2.05, 4.69) is 158 Å². The topological polar surface area (TPSA) is 43.9 Å². The van der Waals surface area contributed by atoms with Crippen LogP contribution in [0, 0.1) is 19.0 Å². The monoisotopic (exact) mass is 1070 g/mol. The molecule has 0 amide bonds. The molecule has 4 nitrogen and oxygen atoms in total. The molecule has 0 aliphatic rings. The Kier molecular flexibility index (Phi) is 12.5. The summed E-state index contributed by atoms with van der Waals surface area (Å²) in [6, 6.07) is 58.1. The fourth-order valence-electron chi connectivity index (χ4n) is 8.99. The third-order valence-corrected chi connectivity index (χ3v) is 12.8. The average Bonchev–Trinajstić information content (AvgIpc) is 3.92. The molecular formula is C63H61IrN3O-2. The number of hydrogen-bond acceptors (Lipinski definition) is 3. The molecule has 7 aromatic carbocycles. The number of imidazole rings is 1. The van der Waals surface area contributed by atoms with E-state index in [0.29, 0.717) is 28.1 Å². The van der Waals surface area contributed by atoms with Gasteiger partial charge in [-0.1, -0.05) is 171 Å². The number of aromatic nitrogens is 3. The van der Waals surface area contributed by atoms with Crippen molar-refractivity contribution in [3.63, 3.8) is 0 Å². The number of para-hydroxylation sites is 2. The summed E-state index contributed by atoms with van der Waals surface area (Å²) < 4.78 is 34.8. The molecule has 0 fully saturated rings. The first kappa shape index (κ1) is 44.1. The number of furan rings is 1. The molecule has 10 rings (SSSR count). The van der Waals surface area contributed by atoms with Gasteiger partial charge in [0.1, 0.15) is 5.58 Å². The smallest absolute Gasteiger partial charge is 0.124 e. The van der Waals surface area contributed by atoms with Gasteiger partial charge in [0.2, 0.25) is 0 Å². The molecule has 0 atom stereocenters. The Labute approximate surface area is 421 Å². The molecule has 0 aliphatic heterocycles. The molecule has 0 unspecified atom stereocenters. The van der Waals surface area contributed by atoms with Crippen molar-refractivity contribution in [3.8, 4) is 50.6 Å². The van der Waals surface area contributed by atoms with E-state index in [1.165, 1.54) is 33.4 Å². The Morgan fingerprint density at radius 2 is 1.21 bits per heavy atom. The normalized spacial score (nSPS) is 12.7. The number of pyridine rings is 1. The summed E-state index contributed by atoms with van der Waals surface area (Å²) in [4.78, 5) is 9.77. The molecule has 68 heavy (non-hydrogen) atoms. The maximum Gasteiger partial charge on any atom is 0.124 e. The van der Waals surface area contributed by atoms with Gasteiger partial charge in [0.15, 0.2) is 0 Å². The van der Waals surface area contributed by atoms with Gasteiger partial charge in [-0.2, -0.15) is 0 Å². The van der Waals surface area contributed by atoms with Crippen molar-refractivity contribution in [2.24, 2.45) is 0 Å². The van der Waals surface area contributed by atoms with Gasteiger partial charge in [-0.3, -0.25) is 4.98 Å². The Balaban J connectivity index is 0.000000271. The summed E-state index contributed by atoms with van der Waals surface area (Å²) >= 11 is 0. The van der Waals surface area contributed by atoms with E-state index < -0.39 is 6.85 Å². The van der Waals surface area contributed by atoms with E-state index in [4.69, 9.17) is 13.5 Å². The minimum atomic E-state index is -2.41. The van der Waals surface area contributed by atoms with Crippen LogP contribution in [-0.2, 0) is 30.9 Å². The molecule has 0 N–H and O–H groups in total. The van der Waals surface area contributed by atoms with Crippen molar-refractivity contribution in [3.05, 3.63) is 198 Å². The van der Waals surface area contributed by atoms with Gasteiger partial charge in [-0.25, -0.2) is 0 Å². The van der Waals surface area contributed by atoms with Crippen LogP contribution in [0.4, 0.5) is 0 Å². The molecule has 10 aromatic rings. The molecule has 0 saturated carbocycles. The van der Waals surface area contributed by atoms with Gasteiger partial charge in [-0.05, 0) is 110 Å². The summed E-state index contributed by atoms with van der Waals surface area (Å²) in [6.07, 6.45) is 1.90. The maximum absolute atomic E-state index is 8.61. The number of benzene rings is 7. The Morgan fingerprint density at radius 3 is 1.85 bits per heavy atom. The van der Waals surface area contributed by atoms with Gasteiger partial charge < -0.3 is 14.0 Å². The molecule has 3 heterocycles. The molecule has 0 bridgehead atoms. The third kappa shape index (κ3) is 9.40. The van der Waals surface area contributed by atoms with Gasteiger partial charge in [0.05, 0.1) is 22.4 Å².